The maximum atomic E-state index is 12.5. The van der Waals surface area contributed by atoms with Gasteiger partial charge in [0.2, 0.25) is 5.88 Å². The van der Waals surface area contributed by atoms with Gasteiger partial charge in [-0.05, 0) is 31.5 Å². The summed E-state index contributed by atoms with van der Waals surface area (Å²) in [5.74, 6) is 0.190. The normalized spacial score (nSPS) is 11.0. The molecule has 0 bridgehead atoms. The summed E-state index contributed by atoms with van der Waals surface area (Å²) in [5.41, 5.74) is 3.07. The second-order valence-electron chi connectivity index (χ2n) is 6.53. The summed E-state index contributed by atoms with van der Waals surface area (Å²) in [6.07, 6.45) is 1.46. The quantitative estimate of drug-likeness (QED) is 0.353. The summed E-state index contributed by atoms with van der Waals surface area (Å²) in [5, 5.41) is 2.23. The largest absolute Gasteiger partial charge is 0.472 e. The Hall–Kier alpha value is -3.03. The second-order valence-corrected chi connectivity index (χ2v) is 7.75. The number of thiazole rings is 1. The van der Waals surface area contributed by atoms with E-state index in [1.165, 1.54) is 17.5 Å². The Balaban J connectivity index is 1.50. The van der Waals surface area contributed by atoms with Gasteiger partial charge in [0.05, 0.1) is 5.56 Å². The molecule has 1 aromatic carbocycles. The molecule has 0 atom stereocenters. The minimum atomic E-state index is -0.134. The van der Waals surface area contributed by atoms with E-state index in [-0.39, 0.29) is 17.9 Å². The van der Waals surface area contributed by atoms with Gasteiger partial charge in [0.25, 0.3) is 5.56 Å². The molecule has 0 fully saturated rings. The predicted molar refractivity (Wildman–Crippen MR) is 112 cm³/mol. The molecule has 0 aliphatic heterocycles. The monoisotopic (exact) mass is 425 g/mol. The molecule has 6 nitrogen and oxygen atoms in total. The molecule has 0 unspecified atom stereocenters. The fraction of sp³-hybridized carbons (Fsp3) is 0.143. The first-order valence-electron chi connectivity index (χ1n) is 8.79. The highest BCUT2D eigenvalue weighted by Gasteiger charge is 2.13. The van der Waals surface area contributed by atoms with E-state index in [4.69, 9.17) is 16.3 Å². The van der Waals surface area contributed by atoms with Crippen LogP contribution in [0, 0.1) is 13.8 Å². The van der Waals surface area contributed by atoms with Gasteiger partial charge in [-0.25, -0.2) is 4.98 Å². The maximum Gasteiger partial charge on any atom is 0.265 e. The number of carbonyl (C=O) groups excluding carboxylic acids is 1. The highest BCUT2D eigenvalue weighted by Crippen LogP contribution is 2.19. The van der Waals surface area contributed by atoms with Gasteiger partial charge in [-0.2, -0.15) is 4.98 Å². The number of hydrogen-bond acceptors (Lipinski definition) is 6. The lowest BCUT2D eigenvalue weighted by molar-refractivity contribution is 0.103. The highest BCUT2D eigenvalue weighted by molar-refractivity contribution is 7.15. The molecule has 0 spiro atoms. The highest BCUT2D eigenvalue weighted by atomic mass is 35.5. The van der Waals surface area contributed by atoms with Gasteiger partial charge >= 0.3 is 0 Å². The molecule has 0 radical (unpaired) electrons. The van der Waals surface area contributed by atoms with Gasteiger partial charge in [0.1, 0.15) is 11.8 Å². The van der Waals surface area contributed by atoms with E-state index in [9.17, 15) is 9.59 Å². The Morgan fingerprint density at radius 3 is 2.55 bits per heavy atom. The molecule has 8 heteroatoms. The number of nitrogens with zero attached hydrogens (tertiary/aromatic N) is 3. The summed E-state index contributed by atoms with van der Waals surface area (Å²) < 4.78 is 7.37. The molecule has 29 heavy (non-hydrogen) atoms. The predicted octanol–water partition coefficient (Wildman–Crippen LogP) is 4.23. The van der Waals surface area contributed by atoms with E-state index < -0.39 is 0 Å². The number of halogens is 1. The third-order valence-electron chi connectivity index (χ3n) is 4.50. The molecule has 146 valence electrons. The lowest BCUT2D eigenvalue weighted by Crippen LogP contribution is -2.19. The molecule has 4 rings (SSSR count). The van der Waals surface area contributed by atoms with Crippen molar-refractivity contribution in [3.05, 3.63) is 91.4 Å². The van der Waals surface area contributed by atoms with E-state index in [0.29, 0.717) is 32.7 Å². The maximum absolute atomic E-state index is 12.5. The van der Waals surface area contributed by atoms with Crippen LogP contribution < -0.4 is 10.3 Å². The third kappa shape index (κ3) is 3.79. The summed E-state index contributed by atoms with van der Waals surface area (Å²) in [6, 6.07) is 10.3. The molecule has 0 aliphatic rings. The van der Waals surface area contributed by atoms with Crippen LogP contribution in [0.15, 0.2) is 52.8 Å². The molecule has 0 saturated heterocycles. The van der Waals surface area contributed by atoms with Crippen LogP contribution in [0.5, 0.6) is 5.88 Å². The summed E-state index contributed by atoms with van der Waals surface area (Å²) in [7, 11) is 0. The number of carbonyl (C=O) groups is 1. The zero-order valence-corrected chi connectivity index (χ0v) is 17.3. The Morgan fingerprint density at radius 1 is 1.14 bits per heavy atom. The van der Waals surface area contributed by atoms with Crippen molar-refractivity contribution in [2.24, 2.45) is 0 Å². The molecular formula is C21H16ClN3O3S. The fourth-order valence-corrected chi connectivity index (χ4v) is 3.83. The van der Waals surface area contributed by atoms with Crippen LogP contribution in [0.2, 0.25) is 5.15 Å². The Labute approximate surface area is 175 Å². The van der Waals surface area contributed by atoms with Crippen LogP contribution in [0.25, 0.3) is 4.96 Å². The van der Waals surface area contributed by atoms with E-state index >= 15 is 0 Å². The summed E-state index contributed by atoms with van der Waals surface area (Å²) >= 11 is 7.16. The number of benzene rings is 1. The second kappa shape index (κ2) is 7.77. The smallest absolute Gasteiger partial charge is 0.265 e. The first-order valence-corrected chi connectivity index (χ1v) is 10.1. The number of hydrogen-bond donors (Lipinski definition) is 0. The van der Waals surface area contributed by atoms with Crippen molar-refractivity contribution in [2.45, 2.75) is 20.5 Å². The van der Waals surface area contributed by atoms with E-state index in [0.717, 1.165) is 11.3 Å². The topological polar surface area (TPSA) is 73.6 Å². The van der Waals surface area contributed by atoms with Crippen molar-refractivity contribution in [2.75, 3.05) is 0 Å². The third-order valence-corrected chi connectivity index (χ3v) is 5.67. The van der Waals surface area contributed by atoms with Crippen LogP contribution >= 0.6 is 22.9 Å². The van der Waals surface area contributed by atoms with Crippen molar-refractivity contribution in [1.82, 2.24) is 14.4 Å². The average Bonchev–Trinajstić information content (AvgIpc) is 3.10. The standard InChI is InChI=1S/C21H16ClN3O3S/c1-12-11-29-21-24-19(13(2)20(27)25(12)21)28-10-14-3-5-15(6-4-14)18(26)16-7-8-17(22)23-9-16/h3-9,11H,10H2,1-2H3. The van der Waals surface area contributed by atoms with Crippen LogP contribution in [-0.4, -0.2) is 20.2 Å². The van der Waals surface area contributed by atoms with Crippen LogP contribution in [-0.2, 0) is 6.61 Å². The molecule has 4 aromatic rings. The Kier molecular flexibility index (Phi) is 5.17. The fourth-order valence-electron chi connectivity index (χ4n) is 2.87. The molecular weight excluding hydrogens is 410 g/mol. The van der Waals surface area contributed by atoms with Gasteiger partial charge in [-0.3, -0.25) is 14.0 Å². The first kappa shape index (κ1) is 19.3. The molecule has 0 N–H and O–H groups in total. The van der Waals surface area contributed by atoms with Gasteiger partial charge in [0, 0.05) is 28.4 Å². The Bertz CT molecular complexity index is 1260. The minimum absolute atomic E-state index is 0.124. The average molecular weight is 426 g/mol. The van der Waals surface area contributed by atoms with Crippen LogP contribution in [0.3, 0.4) is 0 Å². The van der Waals surface area contributed by atoms with Crippen molar-refractivity contribution in [1.29, 1.82) is 0 Å². The van der Waals surface area contributed by atoms with Gasteiger partial charge in [0.15, 0.2) is 10.7 Å². The van der Waals surface area contributed by atoms with Crippen molar-refractivity contribution in [3.63, 3.8) is 0 Å². The minimum Gasteiger partial charge on any atom is -0.472 e. The molecule has 0 aliphatic carbocycles. The number of aromatic nitrogens is 3. The van der Waals surface area contributed by atoms with Crippen LogP contribution in [0.4, 0.5) is 0 Å². The molecule has 0 amide bonds. The van der Waals surface area contributed by atoms with Crippen LogP contribution in [0.1, 0.15) is 32.7 Å². The summed E-state index contributed by atoms with van der Waals surface area (Å²) in [6.45, 7) is 3.82. The van der Waals surface area contributed by atoms with Gasteiger partial charge < -0.3 is 4.74 Å². The zero-order chi connectivity index (χ0) is 20.5. The lowest BCUT2D eigenvalue weighted by Gasteiger charge is -2.09. The lowest BCUT2D eigenvalue weighted by atomic mass is 10.0. The number of ketones is 1. The molecule has 0 saturated carbocycles. The van der Waals surface area contributed by atoms with Gasteiger partial charge in [-0.1, -0.05) is 35.9 Å². The van der Waals surface area contributed by atoms with Crippen molar-refractivity contribution >= 4 is 33.7 Å². The van der Waals surface area contributed by atoms with E-state index in [1.807, 2.05) is 24.4 Å². The number of pyridine rings is 1. The summed E-state index contributed by atoms with van der Waals surface area (Å²) in [4.78, 5) is 34.0. The van der Waals surface area contributed by atoms with Gasteiger partial charge in [-0.15, -0.1) is 11.3 Å². The SMILES string of the molecule is Cc1c(OCc2ccc(C(=O)c3ccc(Cl)nc3)cc2)nc2scc(C)n2c1=O. The molecule has 3 heterocycles. The van der Waals surface area contributed by atoms with E-state index in [2.05, 4.69) is 9.97 Å². The first-order chi connectivity index (χ1) is 13.9. The van der Waals surface area contributed by atoms with Crippen molar-refractivity contribution < 1.29 is 9.53 Å². The Morgan fingerprint density at radius 2 is 1.86 bits per heavy atom. The zero-order valence-electron chi connectivity index (χ0n) is 15.7. The van der Waals surface area contributed by atoms with E-state index in [1.54, 1.807) is 35.6 Å². The number of ether oxygens (including phenoxy) is 1. The number of aryl methyl sites for hydroxylation is 1. The number of rotatable bonds is 5. The molecule has 3 aromatic heterocycles. The number of fused-ring (bicyclic) bond motifs is 1. The van der Waals surface area contributed by atoms with Crippen molar-refractivity contribution in [3.8, 4) is 5.88 Å².